The van der Waals surface area contributed by atoms with Crippen molar-refractivity contribution in [2.45, 2.75) is 0 Å². The van der Waals surface area contributed by atoms with Crippen molar-refractivity contribution < 1.29 is 9.53 Å². The lowest BCUT2D eigenvalue weighted by atomic mass is 10.3. The van der Waals surface area contributed by atoms with Crippen LogP contribution >= 0.6 is 12.4 Å². The summed E-state index contributed by atoms with van der Waals surface area (Å²) in [7, 11) is 1.32. The summed E-state index contributed by atoms with van der Waals surface area (Å²) >= 11 is 0. The number of anilines is 1. The first-order valence-electron chi connectivity index (χ1n) is 3.04. The zero-order valence-electron chi connectivity index (χ0n) is 6.48. The number of esters is 1. The molecule has 0 aliphatic heterocycles. The SMILES string of the molecule is COC(=O)c1ccnc(N)c1.Cl. The number of hydrogen-bond donors (Lipinski definition) is 1. The van der Waals surface area contributed by atoms with Crippen molar-refractivity contribution in [3.63, 3.8) is 0 Å². The summed E-state index contributed by atoms with van der Waals surface area (Å²) in [6.45, 7) is 0. The van der Waals surface area contributed by atoms with Gasteiger partial charge < -0.3 is 10.5 Å². The van der Waals surface area contributed by atoms with Crippen LogP contribution in [-0.2, 0) is 4.74 Å². The van der Waals surface area contributed by atoms with Gasteiger partial charge in [0, 0.05) is 6.20 Å². The van der Waals surface area contributed by atoms with Crippen LogP contribution in [0.2, 0.25) is 0 Å². The Morgan fingerprint density at radius 2 is 2.33 bits per heavy atom. The van der Waals surface area contributed by atoms with E-state index < -0.39 is 5.97 Å². The molecule has 0 unspecified atom stereocenters. The molecule has 12 heavy (non-hydrogen) atoms. The predicted molar refractivity (Wildman–Crippen MR) is 47.2 cm³/mol. The number of aromatic nitrogens is 1. The van der Waals surface area contributed by atoms with Crippen molar-refractivity contribution in [2.24, 2.45) is 0 Å². The molecule has 0 aliphatic rings. The average molecular weight is 189 g/mol. The maximum Gasteiger partial charge on any atom is 0.338 e. The number of nitrogen functional groups attached to an aromatic ring is 1. The van der Waals surface area contributed by atoms with Crippen molar-refractivity contribution in [3.05, 3.63) is 23.9 Å². The zero-order valence-corrected chi connectivity index (χ0v) is 7.30. The summed E-state index contributed by atoms with van der Waals surface area (Å²) in [5, 5.41) is 0. The van der Waals surface area contributed by atoms with Crippen molar-refractivity contribution in [1.29, 1.82) is 0 Å². The van der Waals surface area contributed by atoms with Crippen molar-refractivity contribution in [3.8, 4) is 0 Å². The third-order valence-corrected chi connectivity index (χ3v) is 1.20. The molecule has 0 saturated carbocycles. The van der Waals surface area contributed by atoms with Crippen LogP contribution in [0.15, 0.2) is 18.3 Å². The van der Waals surface area contributed by atoms with E-state index in [1.807, 2.05) is 0 Å². The zero-order chi connectivity index (χ0) is 8.27. The van der Waals surface area contributed by atoms with Gasteiger partial charge >= 0.3 is 5.97 Å². The Labute approximate surface area is 76.1 Å². The van der Waals surface area contributed by atoms with Gasteiger partial charge in [-0.05, 0) is 12.1 Å². The van der Waals surface area contributed by atoms with E-state index in [1.165, 1.54) is 19.4 Å². The van der Waals surface area contributed by atoms with Gasteiger partial charge in [-0.1, -0.05) is 0 Å². The van der Waals surface area contributed by atoms with Crippen LogP contribution in [0.25, 0.3) is 0 Å². The highest BCUT2D eigenvalue weighted by atomic mass is 35.5. The summed E-state index contributed by atoms with van der Waals surface area (Å²) in [5.41, 5.74) is 5.75. The molecule has 4 nitrogen and oxygen atoms in total. The molecule has 0 aromatic carbocycles. The van der Waals surface area contributed by atoms with Crippen LogP contribution in [0, 0.1) is 0 Å². The lowest BCUT2D eigenvalue weighted by Crippen LogP contribution is -2.02. The minimum absolute atomic E-state index is 0. The van der Waals surface area contributed by atoms with E-state index in [0.29, 0.717) is 11.4 Å². The van der Waals surface area contributed by atoms with Gasteiger partial charge in [-0.15, -0.1) is 12.4 Å². The van der Waals surface area contributed by atoms with Crippen LogP contribution < -0.4 is 5.73 Å². The normalized spacial score (nSPS) is 8.42. The second-order valence-electron chi connectivity index (χ2n) is 1.96. The van der Waals surface area contributed by atoms with E-state index in [2.05, 4.69) is 9.72 Å². The van der Waals surface area contributed by atoms with Gasteiger partial charge in [0.05, 0.1) is 12.7 Å². The molecule has 0 amide bonds. The molecule has 0 aliphatic carbocycles. The number of ether oxygens (including phenoxy) is 1. The summed E-state index contributed by atoms with van der Waals surface area (Å²) in [6, 6.07) is 3.01. The van der Waals surface area contributed by atoms with Crippen LogP contribution in [0.1, 0.15) is 10.4 Å². The Hall–Kier alpha value is -1.29. The predicted octanol–water partition coefficient (Wildman–Crippen LogP) is 0.872. The number of carbonyl (C=O) groups is 1. The topological polar surface area (TPSA) is 65.2 Å². The molecule has 1 aromatic rings. The monoisotopic (exact) mass is 188 g/mol. The number of halogens is 1. The Balaban J connectivity index is 0.00000121. The number of methoxy groups -OCH3 is 1. The Kier molecular flexibility index (Phi) is 4.07. The molecule has 1 rings (SSSR count). The first-order chi connectivity index (χ1) is 5.24. The van der Waals surface area contributed by atoms with Crippen molar-refractivity contribution in [1.82, 2.24) is 4.98 Å². The van der Waals surface area contributed by atoms with E-state index in [0.717, 1.165) is 0 Å². The average Bonchev–Trinajstić information content (AvgIpc) is 2.03. The van der Waals surface area contributed by atoms with Crippen LogP contribution in [0.4, 0.5) is 5.82 Å². The Morgan fingerprint density at radius 3 is 2.83 bits per heavy atom. The molecular weight excluding hydrogens is 180 g/mol. The largest absolute Gasteiger partial charge is 0.465 e. The van der Waals surface area contributed by atoms with Gasteiger partial charge in [0.25, 0.3) is 0 Å². The number of nitrogens with zero attached hydrogens (tertiary/aromatic N) is 1. The molecule has 2 N–H and O–H groups in total. The highest BCUT2D eigenvalue weighted by Gasteiger charge is 2.03. The quantitative estimate of drug-likeness (QED) is 0.665. The van der Waals surface area contributed by atoms with Gasteiger partial charge in [0.1, 0.15) is 5.82 Å². The molecule has 0 bridgehead atoms. The molecule has 66 valence electrons. The van der Waals surface area contributed by atoms with Crippen molar-refractivity contribution in [2.75, 3.05) is 12.8 Å². The minimum atomic E-state index is -0.404. The van der Waals surface area contributed by atoms with Gasteiger partial charge in [-0.2, -0.15) is 0 Å². The number of hydrogen-bond acceptors (Lipinski definition) is 4. The molecule has 0 radical (unpaired) electrons. The molecule has 0 atom stereocenters. The first kappa shape index (κ1) is 10.7. The lowest BCUT2D eigenvalue weighted by molar-refractivity contribution is 0.0600. The lowest BCUT2D eigenvalue weighted by Gasteiger charge is -1.97. The summed E-state index contributed by atoms with van der Waals surface area (Å²) in [4.78, 5) is 14.6. The third kappa shape index (κ3) is 2.39. The van der Waals surface area contributed by atoms with E-state index in [9.17, 15) is 4.79 Å². The fraction of sp³-hybridized carbons (Fsp3) is 0.143. The highest BCUT2D eigenvalue weighted by Crippen LogP contribution is 2.03. The Morgan fingerprint density at radius 1 is 1.67 bits per heavy atom. The maximum absolute atomic E-state index is 10.9. The molecule has 1 aromatic heterocycles. The van der Waals surface area contributed by atoms with E-state index in [1.54, 1.807) is 6.07 Å². The summed E-state index contributed by atoms with van der Waals surface area (Å²) in [5.74, 6) is -0.0907. The number of rotatable bonds is 1. The minimum Gasteiger partial charge on any atom is -0.465 e. The molecule has 5 heteroatoms. The number of pyridine rings is 1. The van der Waals surface area contributed by atoms with E-state index in [-0.39, 0.29) is 12.4 Å². The van der Waals surface area contributed by atoms with Gasteiger partial charge in [0.15, 0.2) is 0 Å². The maximum atomic E-state index is 10.9. The fourth-order valence-corrected chi connectivity index (χ4v) is 0.693. The molecular formula is C7H9ClN2O2. The van der Waals surface area contributed by atoms with Gasteiger partial charge in [-0.25, -0.2) is 9.78 Å². The number of carbonyl (C=O) groups excluding carboxylic acids is 1. The smallest absolute Gasteiger partial charge is 0.338 e. The third-order valence-electron chi connectivity index (χ3n) is 1.20. The second-order valence-corrected chi connectivity index (χ2v) is 1.96. The molecule has 0 fully saturated rings. The van der Waals surface area contributed by atoms with Crippen LogP contribution in [0.3, 0.4) is 0 Å². The summed E-state index contributed by atoms with van der Waals surface area (Å²) < 4.78 is 4.47. The van der Waals surface area contributed by atoms with Gasteiger partial charge in [0.2, 0.25) is 0 Å². The molecule has 1 heterocycles. The molecule has 0 saturated heterocycles. The van der Waals surface area contributed by atoms with Crippen LogP contribution in [-0.4, -0.2) is 18.1 Å². The van der Waals surface area contributed by atoms with Gasteiger partial charge in [-0.3, -0.25) is 0 Å². The first-order valence-corrected chi connectivity index (χ1v) is 3.04. The van der Waals surface area contributed by atoms with Crippen LogP contribution in [0.5, 0.6) is 0 Å². The summed E-state index contributed by atoms with van der Waals surface area (Å²) in [6.07, 6.45) is 1.46. The highest BCUT2D eigenvalue weighted by molar-refractivity contribution is 5.89. The van der Waals surface area contributed by atoms with E-state index >= 15 is 0 Å². The second kappa shape index (κ2) is 4.56. The number of nitrogens with two attached hydrogens (primary N) is 1. The molecule has 0 spiro atoms. The van der Waals surface area contributed by atoms with Crippen molar-refractivity contribution >= 4 is 24.2 Å². The Bertz CT molecular complexity index is 278. The fourth-order valence-electron chi connectivity index (χ4n) is 0.693. The standard InChI is InChI=1S/C7H8N2O2.ClH/c1-11-7(10)5-2-3-9-6(8)4-5;/h2-4H,1H3,(H2,8,9);1H. The van der Waals surface area contributed by atoms with E-state index in [4.69, 9.17) is 5.73 Å².